The van der Waals surface area contributed by atoms with Gasteiger partial charge in [-0.25, -0.2) is 0 Å². The zero-order valence-corrected chi connectivity index (χ0v) is 11.3. The zero-order chi connectivity index (χ0) is 10.6. The molecule has 1 aliphatic rings. The van der Waals surface area contributed by atoms with Gasteiger partial charge in [-0.1, -0.05) is 36.7 Å². The maximum atomic E-state index is 5.36. The Balaban J connectivity index is 2.19. The van der Waals surface area contributed by atoms with Crippen LogP contribution in [0.4, 0.5) is 0 Å². The fourth-order valence-corrected chi connectivity index (χ4v) is 2.11. The fraction of sp³-hybridized carbons (Fsp3) is 1.00. The molecule has 1 nitrogen and oxygen atoms in total. The van der Waals surface area contributed by atoms with Gasteiger partial charge < -0.3 is 4.74 Å². The Morgan fingerprint density at radius 1 is 1.29 bits per heavy atom. The van der Waals surface area contributed by atoms with Gasteiger partial charge in [0.25, 0.3) is 0 Å². The summed E-state index contributed by atoms with van der Waals surface area (Å²) in [5, 5.41) is 0. The number of rotatable bonds is 3. The highest BCUT2D eigenvalue weighted by Gasteiger charge is 2.23. The lowest BCUT2D eigenvalue weighted by Crippen LogP contribution is -2.22. The largest absolute Gasteiger partial charge is 0.381 e. The molecule has 0 saturated carbocycles. The Kier molecular flexibility index (Phi) is 4.92. The molecule has 1 fully saturated rings. The molecule has 1 unspecified atom stereocenters. The van der Waals surface area contributed by atoms with Crippen molar-refractivity contribution < 1.29 is 4.74 Å². The van der Waals surface area contributed by atoms with Crippen LogP contribution in [0.5, 0.6) is 0 Å². The van der Waals surface area contributed by atoms with Gasteiger partial charge in [-0.2, -0.15) is 0 Å². The van der Waals surface area contributed by atoms with E-state index in [2.05, 4.69) is 36.7 Å². The minimum Gasteiger partial charge on any atom is -0.381 e. The highest BCUT2D eigenvalue weighted by Crippen LogP contribution is 2.32. The van der Waals surface area contributed by atoms with Gasteiger partial charge in [-0.05, 0) is 37.0 Å². The molecule has 14 heavy (non-hydrogen) atoms. The second kappa shape index (κ2) is 5.50. The zero-order valence-electron chi connectivity index (χ0n) is 9.68. The first kappa shape index (κ1) is 12.5. The SMILES string of the molecule is CC(C)(C)C(Br)CCC1CCOCC1. The van der Waals surface area contributed by atoms with Crippen LogP contribution in [0, 0.1) is 11.3 Å². The lowest BCUT2D eigenvalue weighted by molar-refractivity contribution is 0.0626. The van der Waals surface area contributed by atoms with Crippen molar-refractivity contribution in [3.63, 3.8) is 0 Å². The van der Waals surface area contributed by atoms with E-state index < -0.39 is 0 Å². The third-order valence-corrected chi connectivity index (χ3v) is 4.94. The maximum absolute atomic E-state index is 5.36. The molecule has 0 N–H and O–H groups in total. The third-order valence-electron chi connectivity index (χ3n) is 3.11. The molecule has 0 aromatic heterocycles. The normalized spacial score (nSPS) is 22.3. The maximum Gasteiger partial charge on any atom is 0.0468 e. The molecule has 0 aromatic rings. The highest BCUT2D eigenvalue weighted by atomic mass is 79.9. The topological polar surface area (TPSA) is 9.23 Å². The van der Waals surface area contributed by atoms with Gasteiger partial charge in [0.05, 0.1) is 0 Å². The van der Waals surface area contributed by atoms with E-state index >= 15 is 0 Å². The molecule has 84 valence electrons. The van der Waals surface area contributed by atoms with Gasteiger partial charge in [0.2, 0.25) is 0 Å². The van der Waals surface area contributed by atoms with Gasteiger partial charge in [0.15, 0.2) is 0 Å². The summed E-state index contributed by atoms with van der Waals surface area (Å²) in [5.74, 6) is 0.908. The minimum atomic E-state index is 0.394. The number of hydrogen-bond donors (Lipinski definition) is 0. The fourth-order valence-electron chi connectivity index (χ4n) is 1.85. The van der Waals surface area contributed by atoms with Crippen molar-refractivity contribution in [2.45, 2.75) is 51.3 Å². The molecule has 1 rings (SSSR count). The molecular formula is C12H23BrO. The third kappa shape index (κ3) is 4.31. The van der Waals surface area contributed by atoms with Crippen LogP contribution in [0.1, 0.15) is 46.5 Å². The number of ether oxygens (including phenoxy) is 1. The minimum absolute atomic E-state index is 0.394. The molecule has 0 amide bonds. The lowest BCUT2D eigenvalue weighted by Gasteiger charge is -2.28. The number of hydrogen-bond acceptors (Lipinski definition) is 1. The average Bonchev–Trinajstić information content (AvgIpc) is 2.14. The first-order valence-corrected chi connectivity index (χ1v) is 6.63. The summed E-state index contributed by atoms with van der Waals surface area (Å²) in [7, 11) is 0. The lowest BCUT2D eigenvalue weighted by atomic mass is 9.86. The van der Waals surface area contributed by atoms with E-state index in [1.807, 2.05) is 0 Å². The Morgan fingerprint density at radius 3 is 2.36 bits per heavy atom. The first-order valence-electron chi connectivity index (χ1n) is 5.72. The standard InChI is InChI=1S/C12H23BrO/c1-12(2,3)11(13)5-4-10-6-8-14-9-7-10/h10-11H,4-9H2,1-3H3. The summed E-state index contributed by atoms with van der Waals surface area (Å²) < 4.78 is 5.36. The van der Waals surface area contributed by atoms with Crippen LogP contribution < -0.4 is 0 Å². The molecule has 1 heterocycles. The van der Waals surface area contributed by atoms with Crippen LogP contribution in [0.3, 0.4) is 0 Å². The van der Waals surface area contributed by atoms with Gasteiger partial charge in [0, 0.05) is 18.0 Å². The van der Waals surface area contributed by atoms with Crippen molar-refractivity contribution in [2.24, 2.45) is 11.3 Å². The Morgan fingerprint density at radius 2 is 1.86 bits per heavy atom. The number of halogens is 1. The monoisotopic (exact) mass is 262 g/mol. The predicted octanol–water partition coefficient (Wildman–Crippen LogP) is 4.00. The molecule has 0 radical (unpaired) electrons. The molecule has 0 aliphatic carbocycles. The van der Waals surface area contributed by atoms with E-state index in [1.165, 1.54) is 25.7 Å². The van der Waals surface area contributed by atoms with Crippen molar-refractivity contribution in [3.8, 4) is 0 Å². The van der Waals surface area contributed by atoms with Crippen LogP contribution in [0.25, 0.3) is 0 Å². The van der Waals surface area contributed by atoms with Crippen LogP contribution in [0.15, 0.2) is 0 Å². The molecule has 1 atom stereocenters. The summed E-state index contributed by atoms with van der Waals surface area (Å²) in [5.41, 5.74) is 0.394. The molecule has 2 heteroatoms. The Labute approximate surface area is 96.7 Å². The molecule has 0 spiro atoms. The highest BCUT2D eigenvalue weighted by molar-refractivity contribution is 9.09. The molecule has 0 aromatic carbocycles. The van der Waals surface area contributed by atoms with E-state index in [9.17, 15) is 0 Å². The van der Waals surface area contributed by atoms with Crippen molar-refractivity contribution in [1.82, 2.24) is 0 Å². The van der Waals surface area contributed by atoms with Crippen LogP contribution in [-0.4, -0.2) is 18.0 Å². The van der Waals surface area contributed by atoms with Gasteiger partial charge in [-0.15, -0.1) is 0 Å². The summed E-state index contributed by atoms with van der Waals surface area (Å²) >= 11 is 3.79. The molecule has 1 aliphatic heterocycles. The summed E-state index contributed by atoms with van der Waals surface area (Å²) in [6.07, 6.45) is 5.19. The average molecular weight is 263 g/mol. The number of alkyl halides is 1. The van der Waals surface area contributed by atoms with E-state index in [1.54, 1.807) is 0 Å². The first-order chi connectivity index (χ1) is 6.50. The second-order valence-corrected chi connectivity index (χ2v) is 6.57. The quantitative estimate of drug-likeness (QED) is 0.699. The smallest absolute Gasteiger partial charge is 0.0468 e. The van der Waals surface area contributed by atoms with Gasteiger partial charge in [0.1, 0.15) is 0 Å². The van der Waals surface area contributed by atoms with E-state index in [0.29, 0.717) is 10.2 Å². The van der Waals surface area contributed by atoms with Crippen LogP contribution in [0.2, 0.25) is 0 Å². The van der Waals surface area contributed by atoms with E-state index in [-0.39, 0.29) is 0 Å². The van der Waals surface area contributed by atoms with E-state index in [4.69, 9.17) is 4.74 Å². The predicted molar refractivity (Wildman–Crippen MR) is 64.9 cm³/mol. The Hall–Kier alpha value is 0.440. The second-order valence-electron chi connectivity index (χ2n) is 5.47. The van der Waals surface area contributed by atoms with Gasteiger partial charge in [-0.3, -0.25) is 0 Å². The Bertz CT molecular complexity index is 156. The molecule has 0 bridgehead atoms. The van der Waals surface area contributed by atoms with Crippen molar-refractivity contribution in [1.29, 1.82) is 0 Å². The van der Waals surface area contributed by atoms with Crippen LogP contribution >= 0.6 is 15.9 Å². The van der Waals surface area contributed by atoms with Gasteiger partial charge >= 0.3 is 0 Å². The van der Waals surface area contributed by atoms with E-state index in [0.717, 1.165) is 19.1 Å². The molecule has 1 saturated heterocycles. The summed E-state index contributed by atoms with van der Waals surface area (Å²) in [6, 6.07) is 0. The van der Waals surface area contributed by atoms with Crippen LogP contribution in [-0.2, 0) is 4.74 Å². The summed E-state index contributed by atoms with van der Waals surface area (Å²) in [6.45, 7) is 8.86. The van der Waals surface area contributed by atoms with Crippen molar-refractivity contribution in [2.75, 3.05) is 13.2 Å². The van der Waals surface area contributed by atoms with Crippen molar-refractivity contribution >= 4 is 15.9 Å². The van der Waals surface area contributed by atoms with Crippen molar-refractivity contribution in [3.05, 3.63) is 0 Å². The summed E-state index contributed by atoms with van der Waals surface area (Å²) in [4.78, 5) is 0.651. The molecular weight excluding hydrogens is 240 g/mol.